The van der Waals surface area contributed by atoms with E-state index in [1.165, 1.54) is 0 Å². The Balaban J connectivity index is 1.70. The third-order valence-electron chi connectivity index (χ3n) is 3.73. The molecule has 2 aromatic rings. The molecule has 0 spiro atoms. The second kappa shape index (κ2) is 5.97. The number of aromatic nitrogens is 1. The van der Waals surface area contributed by atoms with Gasteiger partial charge in [0.15, 0.2) is 0 Å². The topological polar surface area (TPSA) is 62.3 Å². The maximum atomic E-state index is 12.3. The summed E-state index contributed by atoms with van der Waals surface area (Å²) in [4.78, 5) is 30.2. The van der Waals surface area contributed by atoms with Crippen LogP contribution in [0.25, 0.3) is 0 Å². The van der Waals surface area contributed by atoms with Gasteiger partial charge in [0, 0.05) is 24.8 Å². The molecule has 1 atom stereocenters. The molecule has 0 unspecified atom stereocenters. The fraction of sp³-hybridized carbons (Fsp3) is 0.235. The van der Waals surface area contributed by atoms with Gasteiger partial charge in [0.05, 0.1) is 5.92 Å². The number of hydrogen-bond donors (Lipinski definition) is 1. The lowest BCUT2D eigenvalue weighted by Gasteiger charge is -2.17. The van der Waals surface area contributed by atoms with E-state index in [0.717, 1.165) is 11.3 Å². The van der Waals surface area contributed by atoms with Gasteiger partial charge in [0.1, 0.15) is 5.82 Å². The number of carbonyl (C=O) groups is 2. The molecule has 0 aliphatic carbocycles. The Kier molecular flexibility index (Phi) is 3.87. The van der Waals surface area contributed by atoms with E-state index in [1.54, 1.807) is 23.2 Å². The van der Waals surface area contributed by atoms with Crippen LogP contribution in [0.3, 0.4) is 0 Å². The van der Waals surface area contributed by atoms with Gasteiger partial charge >= 0.3 is 0 Å². The van der Waals surface area contributed by atoms with Crippen LogP contribution in [0.2, 0.25) is 0 Å². The first-order chi connectivity index (χ1) is 10.6. The Bertz CT molecular complexity index is 700. The van der Waals surface area contributed by atoms with Crippen LogP contribution in [-0.4, -0.2) is 23.3 Å². The third kappa shape index (κ3) is 2.98. The summed E-state index contributed by atoms with van der Waals surface area (Å²) < 4.78 is 0. The molecule has 5 nitrogen and oxygen atoms in total. The summed E-state index contributed by atoms with van der Waals surface area (Å²) in [6.45, 7) is 2.39. The highest BCUT2D eigenvalue weighted by atomic mass is 16.2. The summed E-state index contributed by atoms with van der Waals surface area (Å²) in [7, 11) is 0. The fourth-order valence-corrected chi connectivity index (χ4v) is 2.59. The van der Waals surface area contributed by atoms with Crippen molar-refractivity contribution in [3.63, 3.8) is 0 Å². The molecule has 1 aliphatic rings. The van der Waals surface area contributed by atoms with Gasteiger partial charge in [-0.05, 0) is 36.8 Å². The van der Waals surface area contributed by atoms with Crippen LogP contribution in [0.4, 0.5) is 11.5 Å². The summed E-state index contributed by atoms with van der Waals surface area (Å²) in [5.41, 5.74) is 1.94. The van der Waals surface area contributed by atoms with Crippen LogP contribution in [0.1, 0.15) is 12.0 Å². The molecule has 5 heteroatoms. The molecule has 0 radical (unpaired) electrons. The minimum Gasteiger partial charge on any atom is -0.312 e. The molecule has 1 N–H and O–H groups in total. The number of carbonyl (C=O) groups excluding carboxylic acids is 2. The first kappa shape index (κ1) is 14.3. The molecule has 0 saturated carbocycles. The highest BCUT2D eigenvalue weighted by molar-refractivity contribution is 6.03. The highest BCUT2D eigenvalue weighted by Gasteiger charge is 2.35. The lowest BCUT2D eigenvalue weighted by molar-refractivity contribution is -0.122. The standard InChI is InChI=1S/C17H17N3O2/c1-12-5-4-6-14(9-12)20-11-13(10-16(20)21)17(22)19-15-7-2-3-8-18-15/h2-9,13H,10-11H2,1H3,(H,18,19,22)/t13-/m1/s1. The van der Waals surface area contributed by atoms with Crippen molar-refractivity contribution in [3.05, 3.63) is 54.2 Å². The molecule has 2 heterocycles. The summed E-state index contributed by atoms with van der Waals surface area (Å²) in [5, 5.41) is 2.76. The zero-order valence-corrected chi connectivity index (χ0v) is 12.3. The number of anilines is 2. The van der Waals surface area contributed by atoms with E-state index in [-0.39, 0.29) is 24.2 Å². The van der Waals surface area contributed by atoms with Crippen molar-refractivity contribution in [3.8, 4) is 0 Å². The van der Waals surface area contributed by atoms with Crippen molar-refractivity contribution in [2.75, 3.05) is 16.8 Å². The Morgan fingerprint density at radius 2 is 2.14 bits per heavy atom. The van der Waals surface area contributed by atoms with Gasteiger partial charge < -0.3 is 10.2 Å². The van der Waals surface area contributed by atoms with E-state index in [4.69, 9.17) is 0 Å². The van der Waals surface area contributed by atoms with Crippen molar-refractivity contribution in [2.45, 2.75) is 13.3 Å². The quantitative estimate of drug-likeness (QED) is 0.945. The summed E-state index contributed by atoms with van der Waals surface area (Å²) in [6, 6.07) is 13.1. The second-order valence-corrected chi connectivity index (χ2v) is 5.45. The summed E-state index contributed by atoms with van der Waals surface area (Å²) >= 11 is 0. The largest absolute Gasteiger partial charge is 0.312 e. The zero-order chi connectivity index (χ0) is 15.5. The van der Waals surface area contributed by atoms with Crippen LogP contribution < -0.4 is 10.2 Å². The average Bonchev–Trinajstić information content (AvgIpc) is 2.90. The van der Waals surface area contributed by atoms with Crippen molar-refractivity contribution in [1.29, 1.82) is 0 Å². The summed E-state index contributed by atoms with van der Waals surface area (Å²) in [6.07, 6.45) is 1.85. The molecule has 1 aromatic carbocycles. The fourth-order valence-electron chi connectivity index (χ4n) is 2.59. The van der Waals surface area contributed by atoms with Crippen LogP contribution in [-0.2, 0) is 9.59 Å². The first-order valence-electron chi connectivity index (χ1n) is 7.22. The highest BCUT2D eigenvalue weighted by Crippen LogP contribution is 2.26. The normalized spacial score (nSPS) is 17.6. The predicted molar refractivity (Wildman–Crippen MR) is 84.5 cm³/mol. The van der Waals surface area contributed by atoms with Crippen LogP contribution >= 0.6 is 0 Å². The number of benzene rings is 1. The molecule has 112 valence electrons. The molecule has 22 heavy (non-hydrogen) atoms. The molecule has 0 bridgehead atoms. The van der Waals surface area contributed by atoms with Gasteiger partial charge in [0.2, 0.25) is 11.8 Å². The zero-order valence-electron chi connectivity index (χ0n) is 12.3. The number of pyridine rings is 1. The molecular weight excluding hydrogens is 278 g/mol. The number of rotatable bonds is 3. The molecular formula is C17H17N3O2. The summed E-state index contributed by atoms with van der Waals surface area (Å²) in [5.74, 6) is -0.0297. The minimum absolute atomic E-state index is 0.0215. The van der Waals surface area contributed by atoms with Crippen LogP contribution in [0.5, 0.6) is 0 Å². The van der Waals surface area contributed by atoms with E-state index in [2.05, 4.69) is 10.3 Å². The number of hydrogen-bond acceptors (Lipinski definition) is 3. The lowest BCUT2D eigenvalue weighted by Crippen LogP contribution is -2.28. The molecule has 1 fully saturated rings. The van der Waals surface area contributed by atoms with Crippen molar-refractivity contribution < 1.29 is 9.59 Å². The smallest absolute Gasteiger partial charge is 0.230 e. The van der Waals surface area contributed by atoms with Crippen molar-refractivity contribution >= 4 is 23.3 Å². The van der Waals surface area contributed by atoms with Crippen LogP contribution in [0, 0.1) is 12.8 Å². The lowest BCUT2D eigenvalue weighted by atomic mass is 10.1. The Labute approximate surface area is 129 Å². The predicted octanol–water partition coefficient (Wildman–Crippen LogP) is 2.38. The molecule has 2 amide bonds. The van der Waals surface area contributed by atoms with Crippen molar-refractivity contribution in [1.82, 2.24) is 4.98 Å². The molecule has 1 aromatic heterocycles. The Hall–Kier alpha value is -2.69. The van der Waals surface area contributed by atoms with Gasteiger partial charge in [-0.15, -0.1) is 0 Å². The van der Waals surface area contributed by atoms with Gasteiger partial charge in [0.25, 0.3) is 0 Å². The monoisotopic (exact) mass is 295 g/mol. The number of nitrogens with zero attached hydrogens (tertiary/aromatic N) is 2. The van der Waals surface area contributed by atoms with E-state index in [0.29, 0.717) is 12.4 Å². The SMILES string of the molecule is Cc1cccc(N2C[C@H](C(=O)Nc3ccccn3)CC2=O)c1. The number of aryl methyl sites for hydroxylation is 1. The Morgan fingerprint density at radius 3 is 2.86 bits per heavy atom. The first-order valence-corrected chi connectivity index (χ1v) is 7.22. The van der Waals surface area contributed by atoms with Crippen LogP contribution in [0.15, 0.2) is 48.7 Å². The molecule has 3 rings (SSSR count). The molecule has 1 saturated heterocycles. The van der Waals surface area contributed by atoms with Crippen molar-refractivity contribution in [2.24, 2.45) is 5.92 Å². The maximum Gasteiger partial charge on any atom is 0.230 e. The van der Waals surface area contributed by atoms with E-state index < -0.39 is 0 Å². The number of amides is 2. The van der Waals surface area contributed by atoms with E-state index in [9.17, 15) is 9.59 Å². The average molecular weight is 295 g/mol. The van der Waals surface area contributed by atoms with Gasteiger partial charge in [-0.2, -0.15) is 0 Å². The number of nitrogens with one attached hydrogen (secondary N) is 1. The minimum atomic E-state index is -0.352. The maximum absolute atomic E-state index is 12.3. The van der Waals surface area contributed by atoms with Gasteiger partial charge in [-0.25, -0.2) is 4.98 Å². The van der Waals surface area contributed by atoms with Gasteiger partial charge in [-0.3, -0.25) is 9.59 Å². The molecule has 1 aliphatic heterocycles. The van der Waals surface area contributed by atoms with E-state index in [1.807, 2.05) is 37.3 Å². The third-order valence-corrected chi connectivity index (χ3v) is 3.73. The van der Waals surface area contributed by atoms with Gasteiger partial charge in [-0.1, -0.05) is 18.2 Å². The van der Waals surface area contributed by atoms with E-state index >= 15 is 0 Å². The Morgan fingerprint density at radius 1 is 1.27 bits per heavy atom. The second-order valence-electron chi connectivity index (χ2n) is 5.45.